The summed E-state index contributed by atoms with van der Waals surface area (Å²) in [7, 11) is 0. The van der Waals surface area contributed by atoms with Gasteiger partial charge in [0.15, 0.2) is 6.67 Å². The standard InChI is InChI=1S/C12H10FNOS/c13-8-12(15)14(16)11-7-3-5-9-4-1-2-6-10(9)11/h1-7,16H,8H2. The lowest BCUT2D eigenvalue weighted by atomic mass is 10.1. The van der Waals surface area contributed by atoms with Gasteiger partial charge in [-0.1, -0.05) is 49.2 Å². The molecule has 0 heterocycles. The number of carbonyl (C=O) groups excluding carboxylic acids is 1. The van der Waals surface area contributed by atoms with Crippen LogP contribution >= 0.6 is 12.8 Å². The van der Waals surface area contributed by atoms with Crippen LogP contribution in [-0.4, -0.2) is 12.6 Å². The Kier molecular flexibility index (Phi) is 3.10. The Hall–Kier alpha value is -1.55. The molecule has 82 valence electrons. The van der Waals surface area contributed by atoms with Gasteiger partial charge in [-0.2, -0.15) is 0 Å². The van der Waals surface area contributed by atoms with Crippen molar-refractivity contribution in [1.82, 2.24) is 0 Å². The van der Waals surface area contributed by atoms with Gasteiger partial charge in [0.1, 0.15) is 0 Å². The first kappa shape index (κ1) is 11.0. The Morgan fingerprint density at radius 2 is 1.88 bits per heavy atom. The lowest BCUT2D eigenvalue weighted by Gasteiger charge is -2.16. The Morgan fingerprint density at radius 3 is 2.62 bits per heavy atom. The maximum atomic E-state index is 12.3. The van der Waals surface area contributed by atoms with Crippen molar-refractivity contribution in [2.24, 2.45) is 0 Å². The molecular weight excluding hydrogens is 225 g/mol. The summed E-state index contributed by atoms with van der Waals surface area (Å²) in [5, 5.41) is 1.87. The van der Waals surface area contributed by atoms with E-state index in [-0.39, 0.29) is 0 Å². The summed E-state index contributed by atoms with van der Waals surface area (Å²) in [6.07, 6.45) is 0. The van der Waals surface area contributed by atoms with Crippen LogP contribution in [0.3, 0.4) is 0 Å². The minimum Gasteiger partial charge on any atom is -0.270 e. The van der Waals surface area contributed by atoms with Crippen molar-refractivity contribution in [3.63, 3.8) is 0 Å². The minimum atomic E-state index is -1.05. The number of anilines is 1. The highest BCUT2D eigenvalue weighted by molar-refractivity contribution is 7.82. The zero-order chi connectivity index (χ0) is 11.5. The first-order valence-corrected chi connectivity index (χ1v) is 5.19. The number of amides is 1. The molecule has 2 nitrogen and oxygen atoms in total. The lowest BCUT2D eigenvalue weighted by Crippen LogP contribution is -2.22. The minimum absolute atomic E-state index is 0.601. The van der Waals surface area contributed by atoms with Gasteiger partial charge in [-0.25, -0.2) is 4.39 Å². The first-order valence-electron chi connectivity index (χ1n) is 4.79. The average molecular weight is 235 g/mol. The van der Waals surface area contributed by atoms with Gasteiger partial charge in [-0.15, -0.1) is 0 Å². The number of fused-ring (bicyclic) bond motifs is 1. The van der Waals surface area contributed by atoms with Crippen LogP contribution in [0, 0.1) is 0 Å². The maximum absolute atomic E-state index is 12.3. The normalized spacial score (nSPS) is 10.4. The number of rotatable bonds is 2. The topological polar surface area (TPSA) is 20.3 Å². The number of hydrogen-bond donors (Lipinski definition) is 1. The monoisotopic (exact) mass is 235 g/mol. The zero-order valence-electron chi connectivity index (χ0n) is 8.43. The number of carbonyl (C=O) groups is 1. The molecule has 2 aromatic carbocycles. The van der Waals surface area contributed by atoms with E-state index in [1.807, 2.05) is 36.4 Å². The molecule has 2 rings (SSSR count). The third kappa shape index (κ3) is 1.88. The van der Waals surface area contributed by atoms with Crippen molar-refractivity contribution in [2.75, 3.05) is 11.0 Å². The van der Waals surface area contributed by atoms with Gasteiger partial charge < -0.3 is 0 Å². The Morgan fingerprint density at radius 1 is 1.19 bits per heavy atom. The van der Waals surface area contributed by atoms with Gasteiger partial charge in [-0.3, -0.25) is 9.10 Å². The summed E-state index contributed by atoms with van der Waals surface area (Å²) in [6.45, 7) is -1.05. The summed E-state index contributed by atoms with van der Waals surface area (Å²) in [5.74, 6) is -0.667. The molecule has 0 fully saturated rings. The van der Waals surface area contributed by atoms with E-state index < -0.39 is 12.6 Å². The largest absolute Gasteiger partial charge is 0.270 e. The van der Waals surface area contributed by atoms with Gasteiger partial charge in [0, 0.05) is 5.39 Å². The second kappa shape index (κ2) is 4.53. The van der Waals surface area contributed by atoms with Crippen LogP contribution in [0.25, 0.3) is 10.8 Å². The average Bonchev–Trinajstić information content (AvgIpc) is 2.36. The van der Waals surface area contributed by atoms with Gasteiger partial charge in [0.2, 0.25) is 0 Å². The first-order chi connectivity index (χ1) is 7.74. The number of hydrogen-bond acceptors (Lipinski definition) is 2. The summed E-state index contributed by atoms with van der Waals surface area (Å²) in [4.78, 5) is 11.2. The van der Waals surface area contributed by atoms with Crippen LogP contribution in [-0.2, 0) is 4.79 Å². The van der Waals surface area contributed by atoms with Crippen molar-refractivity contribution in [3.05, 3.63) is 42.5 Å². The maximum Gasteiger partial charge on any atom is 0.268 e. The van der Waals surface area contributed by atoms with Crippen LogP contribution in [0.5, 0.6) is 0 Å². The lowest BCUT2D eigenvalue weighted by molar-refractivity contribution is -0.118. The molecule has 0 aliphatic heterocycles. The molecular formula is C12H10FNOS. The van der Waals surface area contributed by atoms with E-state index in [0.717, 1.165) is 15.1 Å². The van der Waals surface area contributed by atoms with Gasteiger partial charge in [0.25, 0.3) is 5.91 Å². The Labute approximate surface area is 98.2 Å². The van der Waals surface area contributed by atoms with Crippen LogP contribution in [0.4, 0.5) is 10.1 Å². The molecule has 1 amide bonds. The fraction of sp³-hybridized carbons (Fsp3) is 0.0833. The molecule has 0 saturated heterocycles. The molecule has 0 aliphatic carbocycles. The van der Waals surface area contributed by atoms with E-state index in [0.29, 0.717) is 5.69 Å². The van der Waals surface area contributed by atoms with Crippen molar-refractivity contribution in [1.29, 1.82) is 0 Å². The van der Waals surface area contributed by atoms with Gasteiger partial charge in [0.05, 0.1) is 5.69 Å². The molecule has 0 spiro atoms. The quantitative estimate of drug-likeness (QED) is 0.793. The van der Waals surface area contributed by atoms with Crippen LogP contribution in [0.2, 0.25) is 0 Å². The third-order valence-corrected chi connectivity index (χ3v) is 2.78. The van der Waals surface area contributed by atoms with E-state index in [1.165, 1.54) is 0 Å². The van der Waals surface area contributed by atoms with E-state index in [1.54, 1.807) is 6.07 Å². The summed E-state index contributed by atoms with van der Waals surface area (Å²) < 4.78 is 13.3. The van der Waals surface area contributed by atoms with Gasteiger partial charge in [-0.05, 0) is 11.5 Å². The highest BCUT2D eigenvalue weighted by Gasteiger charge is 2.13. The predicted octanol–water partition coefficient (Wildman–Crippen LogP) is 2.99. The van der Waals surface area contributed by atoms with Crippen LogP contribution in [0.1, 0.15) is 0 Å². The molecule has 0 atom stereocenters. The Bertz CT molecular complexity index is 524. The smallest absolute Gasteiger partial charge is 0.268 e. The van der Waals surface area contributed by atoms with E-state index >= 15 is 0 Å². The summed E-state index contributed by atoms with van der Waals surface area (Å²) in [5.41, 5.74) is 0.601. The van der Waals surface area contributed by atoms with E-state index in [4.69, 9.17) is 0 Å². The van der Waals surface area contributed by atoms with Crippen LogP contribution in [0.15, 0.2) is 42.5 Å². The summed E-state index contributed by atoms with van der Waals surface area (Å²) in [6, 6.07) is 13.1. The SMILES string of the molecule is O=C(CF)N(S)c1cccc2ccccc12. The van der Waals surface area contributed by atoms with Crippen molar-refractivity contribution in [3.8, 4) is 0 Å². The highest BCUT2D eigenvalue weighted by Crippen LogP contribution is 2.27. The number of alkyl halides is 1. The second-order valence-electron chi connectivity index (χ2n) is 3.34. The fourth-order valence-electron chi connectivity index (χ4n) is 1.58. The van der Waals surface area contributed by atoms with Crippen molar-refractivity contribution < 1.29 is 9.18 Å². The molecule has 0 aliphatic rings. The van der Waals surface area contributed by atoms with Crippen LogP contribution < -0.4 is 4.31 Å². The molecule has 4 heteroatoms. The highest BCUT2D eigenvalue weighted by atomic mass is 32.1. The molecule has 0 saturated carbocycles. The second-order valence-corrected chi connectivity index (χ2v) is 3.74. The fourth-order valence-corrected chi connectivity index (χ4v) is 1.81. The number of benzene rings is 2. The molecule has 0 radical (unpaired) electrons. The molecule has 16 heavy (non-hydrogen) atoms. The van der Waals surface area contributed by atoms with Gasteiger partial charge >= 0.3 is 0 Å². The predicted molar refractivity (Wildman–Crippen MR) is 66.4 cm³/mol. The zero-order valence-corrected chi connectivity index (χ0v) is 9.32. The molecule has 0 N–H and O–H groups in total. The number of thiol groups is 1. The van der Waals surface area contributed by atoms with E-state index in [2.05, 4.69) is 12.8 Å². The Balaban J connectivity index is 2.56. The molecule has 0 bridgehead atoms. The number of halogens is 1. The molecule has 2 aromatic rings. The molecule has 0 unspecified atom stereocenters. The van der Waals surface area contributed by atoms with Crippen molar-refractivity contribution in [2.45, 2.75) is 0 Å². The summed E-state index contributed by atoms with van der Waals surface area (Å²) >= 11 is 4.01. The van der Waals surface area contributed by atoms with E-state index in [9.17, 15) is 9.18 Å². The molecule has 0 aromatic heterocycles. The third-order valence-electron chi connectivity index (χ3n) is 2.35. The van der Waals surface area contributed by atoms with Crippen molar-refractivity contribution >= 4 is 35.2 Å². The number of nitrogens with zero attached hydrogens (tertiary/aromatic N) is 1.